The average molecular weight is 254 g/mol. The third-order valence-corrected chi connectivity index (χ3v) is 2.79. The van der Waals surface area contributed by atoms with Crippen LogP contribution in [0.1, 0.15) is 18.3 Å². The number of hydrogen-bond acceptors (Lipinski definition) is 5. The zero-order chi connectivity index (χ0) is 13.0. The fourth-order valence-electron chi connectivity index (χ4n) is 1.92. The van der Waals surface area contributed by atoms with Gasteiger partial charge in [-0.15, -0.1) is 0 Å². The van der Waals surface area contributed by atoms with Gasteiger partial charge in [0.25, 0.3) is 0 Å². The Labute approximate surface area is 107 Å². The molecule has 5 nitrogen and oxygen atoms in total. The van der Waals surface area contributed by atoms with Crippen LogP contribution in [0.25, 0.3) is 0 Å². The van der Waals surface area contributed by atoms with Crippen molar-refractivity contribution in [2.45, 2.75) is 12.7 Å². The monoisotopic (exact) mass is 254 g/mol. The number of methoxy groups -OCH3 is 3. The summed E-state index contributed by atoms with van der Waals surface area (Å²) >= 11 is 0. The van der Waals surface area contributed by atoms with Crippen LogP contribution in [0.3, 0.4) is 0 Å². The summed E-state index contributed by atoms with van der Waals surface area (Å²) in [5.74, 6) is 1.77. The maximum Gasteiger partial charge on any atom is 0.203 e. The fraction of sp³-hybridized carbons (Fsp3) is 0.538. The largest absolute Gasteiger partial charge is 0.493 e. The van der Waals surface area contributed by atoms with Crippen LogP contribution >= 0.6 is 0 Å². The lowest BCUT2D eigenvalue weighted by Gasteiger charge is -2.24. The van der Waals surface area contributed by atoms with Gasteiger partial charge in [0.15, 0.2) is 17.8 Å². The molecule has 0 amide bonds. The molecule has 1 heterocycles. The van der Waals surface area contributed by atoms with E-state index in [0.717, 1.165) is 12.0 Å². The highest BCUT2D eigenvalue weighted by Gasteiger charge is 2.21. The van der Waals surface area contributed by atoms with Crippen LogP contribution in [0.15, 0.2) is 12.1 Å². The number of benzene rings is 1. The van der Waals surface area contributed by atoms with E-state index in [1.807, 2.05) is 12.1 Å². The van der Waals surface area contributed by atoms with E-state index >= 15 is 0 Å². The van der Waals surface area contributed by atoms with Gasteiger partial charge in [0.1, 0.15) is 0 Å². The van der Waals surface area contributed by atoms with Gasteiger partial charge < -0.3 is 23.7 Å². The third-order valence-electron chi connectivity index (χ3n) is 2.79. The number of hydrogen-bond donors (Lipinski definition) is 0. The molecule has 0 bridgehead atoms. The maximum atomic E-state index is 5.56. The Hall–Kier alpha value is -1.46. The maximum absolute atomic E-state index is 5.56. The van der Waals surface area contributed by atoms with E-state index in [1.54, 1.807) is 21.3 Å². The molecule has 0 aromatic heterocycles. The normalized spacial score (nSPS) is 16.4. The van der Waals surface area contributed by atoms with Crippen molar-refractivity contribution in [3.05, 3.63) is 17.7 Å². The quantitative estimate of drug-likeness (QED) is 0.823. The Kier molecular flexibility index (Phi) is 4.28. The molecule has 1 saturated heterocycles. The van der Waals surface area contributed by atoms with E-state index in [-0.39, 0.29) is 6.29 Å². The van der Waals surface area contributed by atoms with Crippen molar-refractivity contribution in [2.24, 2.45) is 0 Å². The first kappa shape index (κ1) is 13.0. The Bertz CT molecular complexity index is 373. The highest BCUT2D eigenvalue weighted by Crippen LogP contribution is 2.40. The molecular weight excluding hydrogens is 236 g/mol. The molecule has 0 unspecified atom stereocenters. The van der Waals surface area contributed by atoms with Gasteiger partial charge in [-0.2, -0.15) is 0 Å². The van der Waals surface area contributed by atoms with Gasteiger partial charge in [-0.1, -0.05) is 0 Å². The second-order valence-corrected chi connectivity index (χ2v) is 3.89. The molecule has 0 spiro atoms. The van der Waals surface area contributed by atoms with Crippen molar-refractivity contribution in [3.63, 3.8) is 0 Å². The van der Waals surface area contributed by atoms with Gasteiger partial charge in [-0.05, 0) is 18.6 Å². The van der Waals surface area contributed by atoms with Gasteiger partial charge in [-0.25, -0.2) is 0 Å². The first-order valence-electron chi connectivity index (χ1n) is 5.83. The van der Waals surface area contributed by atoms with Gasteiger partial charge in [0.2, 0.25) is 5.75 Å². The smallest absolute Gasteiger partial charge is 0.203 e. The number of ether oxygens (including phenoxy) is 5. The van der Waals surface area contributed by atoms with E-state index in [1.165, 1.54) is 0 Å². The van der Waals surface area contributed by atoms with E-state index in [9.17, 15) is 0 Å². The molecule has 2 rings (SSSR count). The Morgan fingerprint density at radius 1 is 0.944 bits per heavy atom. The lowest BCUT2D eigenvalue weighted by atomic mass is 10.1. The second kappa shape index (κ2) is 5.93. The topological polar surface area (TPSA) is 46.2 Å². The molecule has 0 aliphatic carbocycles. The molecule has 1 aromatic carbocycles. The van der Waals surface area contributed by atoms with Crippen LogP contribution in [0.5, 0.6) is 17.2 Å². The first-order chi connectivity index (χ1) is 8.80. The van der Waals surface area contributed by atoms with Crippen LogP contribution in [0, 0.1) is 0 Å². The lowest BCUT2D eigenvalue weighted by Crippen LogP contribution is -2.17. The summed E-state index contributed by atoms with van der Waals surface area (Å²) in [6.45, 7) is 1.39. The third kappa shape index (κ3) is 2.52. The second-order valence-electron chi connectivity index (χ2n) is 3.89. The summed E-state index contributed by atoms with van der Waals surface area (Å²) in [6, 6.07) is 3.69. The van der Waals surface area contributed by atoms with Crippen LogP contribution in [0.2, 0.25) is 0 Å². The predicted molar refractivity (Wildman–Crippen MR) is 65.4 cm³/mol. The molecule has 1 aliphatic rings. The van der Waals surface area contributed by atoms with Gasteiger partial charge in [-0.3, -0.25) is 0 Å². The minimum absolute atomic E-state index is 0.368. The Morgan fingerprint density at radius 2 is 1.50 bits per heavy atom. The van der Waals surface area contributed by atoms with Gasteiger partial charge in [0, 0.05) is 5.56 Å². The summed E-state index contributed by atoms with van der Waals surface area (Å²) < 4.78 is 27.0. The minimum Gasteiger partial charge on any atom is -0.493 e. The van der Waals surface area contributed by atoms with Gasteiger partial charge in [0.05, 0.1) is 34.5 Å². The number of rotatable bonds is 4. The summed E-state index contributed by atoms with van der Waals surface area (Å²) in [5, 5.41) is 0. The van der Waals surface area contributed by atoms with Gasteiger partial charge >= 0.3 is 0 Å². The average Bonchev–Trinajstić information content (AvgIpc) is 2.46. The molecule has 5 heteroatoms. The van der Waals surface area contributed by atoms with Crippen molar-refractivity contribution >= 4 is 0 Å². The van der Waals surface area contributed by atoms with E-state index in [0.29, 0.717) is 30.5 Å². The summed E-state index contributed by atoms with van der Waals surface area (Å²) in [6.07, 6.45) is 0.549. The molecule has 0 saturated carbocycles. The van der Waals surface area contributed by atoms with E-state index in [2.05, 4.69) is 0 Å². The van der Waals surface area contributed by atoms with Crippen molar-refractivity contribution in [1.82, 2.24) is 0 Å². The molecule has 100 valence electrons. The molecule has 1 aromatic rings. The molecular formula is C13H18O5. The van der Waals surface area contributed by atoms with Crippen LogP contribution in [0.4, 0.5) is 0 Å². The molecule has 18 heavy (non-hydrogen) atoms. The molecule has 1 aliphatic heterocycles. The Balaban J connectivity index is 2.35. The summed E-state index contributed by atoms with van der Waals surface area (Å²) in [4.78, 5) is 0. The van der Waals surface area contributed by atoms with E-state index in [4.69, 9.17) is 23.7 Å². The standard InChI is InChI=1S/C13H18O5/c1-14-10-7-9(13-17-5-4-6-18-13)8-11(15-2)12(10)16-3/h7-8,13H,4-6H2,1-3H3. The van der Waals surface area contributed by atoms with Crippen LogP contribution in [-0.2, 0) is 9.47 Å². The highest BCUT2D eigenvalue weighted by atomic mass is 16.7. The van der Waals surface area contributed by atoms with Crippen LogP contribution in [-0.4, -0.2) is 34.5 Å². The molecule has 0 atom stereocenters. The summed E-state index contributed by atoms with van der Waals surface area (Å²) in [5.41, 5.74) is 0.865. The van der Waals surface area contributed by atoms with E-state index < -0.39 is 0 Å². The zero-order valence-corrected chi connectivity index (χ0v) is 10.9. The summed E-state index contributed by atoms with van der Waals surface area (Å²) in [7, 11) is 4.75. The van der Waals surface area contributed by atoms with Crippen LogP contribution < -0.4 is 14.2 Å². The first-order valence-corrected chi connectivity index (χ1v) is 5.83. The highest BCUT2D eigenvalue weighted by molar-refractivity contribution is 5.54. The molecule has 1 fully saturated rings. The predicted octanol–water partition coefficient (Wildman–Crippen LogP) is 2.15. The van der Waals surface area contributed by atoms with Crippen molar-refractivity contribution in [3.8, 4) is 17.2 Å². The zero-order valence-electron chi connectivity index (χ0n) is 10.9. The molecule has 0 radical (unpaired) electrons. The van der Waals surface area contributed by atoms with Crippen molar-refractivity contribution in [1.29, 1.82) is 0 Å². The molecule has 0 N–H and O–H groups in total. The van der Waals surface area contributed by atoms with Crippen molar-refractivity contribution in [2.75, 3.05) is 34.5 Å². The lowest BCUT2D eigenvalue weighted by molar-refractivity contribution is -0.183. The SMILES string of the molecule is COc1cc(C2OCCCO2)cc(OC)c1OC. The minimum atomic E-state index is -0.368. The Morgan fingerprint density at radius 3 is 1.94 bits per heavy atom. The van der Waals surface area contributed by atoms with Crippen molar-refractivity contribution < 1.29 is 23.7 Å². The fourth-order valence-corrected chi connectivity index (χ4v) is 1.92.